The zero-order valence-electron chi connectivity index (χ0n) is 13.3. The second kappa shape index (κ2) is 6.58. The molecule has 8 nitrogen and oxygen atoms in total. The van der Waals surface area contributed by atoms with Crippen LogP contribution in [0.3, 0.4) is 0 Å². The fourth-order valence-electron chi connectivity index (χ4n) is 3.07. The minimum atomic E-state index is -3.21. The molecule has 0 saturated carbocycles. The molecule has 2 aliphatic rings. The first kappa shape index (κ1) is 16.4. The Hall–Kier alpha value is -1.45. The maximum absolute atomic E-state index is 12.0. The van der Waals surface area contributed by atoms with E-state index >= 15 is 0 Å². The molecule has 0 bridgehead atoms. The maximum atomic E-state index is 12.0. The topological polar surface area (TPSA) is 96.3 Å². The van der Waals surface area contributed by atoms with Crippen LogP contribution in [-0.2, 0) is 34.5 Å². The average Bonchev–Trinajstić information content (AvgIpc) is 3.10. The molecule has 1 saturated heterocycles. The number of sulfonamides is 1. The molecule has 0 aliphatic carbocycles. The summed E-state index contributed by atoms with van der Waals surface area (Å²) >= 11 is 0. The van der Waals surface area contributed by atoms with Gasteiger partial charge in [-0.3, -0.25) is 9.48 Å². The summed E-state index contributed by atoms with van der Waals surface area (Å²) in [6, 6.07) is 1.78. The van der Waals surface area contributed by atoms with E-state index in [1.54, 1.807) is 0 Å². The number of rotatable bonds is 4. The third kappa shape index (κ3) is 3.91. The number of amides is 1. The van der Waals surface area contributed by atoms with Gasteiger partial charge in [0, 0.05) is 13.1 Å². The SMILES string of the molecule is CS(=O)(=O)N1CCCn2nc(CNC(=O)[C@@H]3CCCN3)cc2C1. The standard InChI is InChI=1S/C14H23N5O3S/c1-23(21,22)18-6-3-7-19-12(10-18)8-11(17-19)9-16-14(20)13-4-2-5-15-13/h8,13,15H,2-7,9-10H2,1H3,(H,16,20)/t13-/m0/s1. The first-order valence-corrected chi connectivity index (χ1v) is 9.80. The summed E-state index contributed by atoms with van der Waals surface area (Å²) in [6.45, 7) is 2.80. The summed E-state index contributed by atoms with van der Waals surface area (Å²) in [6.07, 6.45) is 3.86. The summed E-state index contributed by atoms with van der Waals surface area (Å²) in [5.41, 5.74) is 1.64. The molecule has 3 rings (SSSR count). The maximum Gasteiger partial charge on any atom is 0.237 e. The molecule has 0 aromatic carbocycles. The lowest BCUT2D eigenvalue weighted by molar-refractivity contribution is -0.122. The third-order valence-corrected chi connectivity index (χ3v) is 5.57. The van der Waals surface area contributed by atoms with Crippen molar-refractivity contribution >= 4 is 15.9 Å². The highest BCUT2D eigenvalue weighted by Crippen LogP contribution is 2.16. The van der Waals surface area contributed by atoms with Gasteiger partial charge in [0.25, 0.3) is 0 Å². The molecule has 3 heterocycles. The highest BCUT2D eigenvalue weighted by Gasteiger charge is 2.24. The lowest BCUT2D eigenvalue weighted by atomic mass is 10.2. The van der Waals surface area contributed by atoms with Crippen molar-refractivity contribution in [3.8, 4) is 0 Å². The van der Waals surface area contributed by atoms with E-state index in [0.717, 1.165) is 37.2 Å². The van der Waals surface area contributed by atoms with Gasteiger partial charge in [-0.05, 0) is 31.9 Å². The van der Waals surface area contributed by atoms with Crippen LogP contribution in [0, 0.1) is 0 Å². The summed E-state index contributed by atoms with van der Waals surface area (Å²) in [5.74, 6) is 0.00320. The number of aryl methyl sites for hydroxylation is 1. The van der Waals surface area contributed by atoms with Crippen LogP contribution in [0.15, 0.2) is 6.07 Å². The normalized spacial score (nSPS) is 22.6. The number of hydrogen-bond acceptors (Lipinski definition) is 5. The lowest BCUT2D eigenvalue weighted by Crippen LogP contribution is -2.40. The molecule has 1 fully saturated rings. The van der Waals surface area contributed by atoms with Crippen molar-refractivity contribution in [2.45, 2.75) is 44.9 Å². The van der Waals surface area contributed by atoms with Crippen LogP contribution in [-0.4, -0.2) is 53.8 Å². The molecule has 128 valence electrons. The summed E-state index contributed by atoms with van der Waals surface area (Å²) in [4.78, 5) is 12.0. The Morgan fingerprint density at radius 1 is 1.43 bits per heavy atom. The molecule has 9 heteroatoms. The Morgan fingerprint density at radius 2 is 2.26 bits per heavy atom. The van der Waals surface area contributed by atoms with Crippen LogP contribution < -0.4 is 10.6 Å². The molecule has 1 amide bonds. The number of aromatic nitrogens is 2. The number of nitrogens with one attached hydrogen (secondary N) is 2. The average molecular weight is 341 g/mol. The Morgan fingerprint density at radius 3 is 2.96 bits per heavy atom. The van der Waals surface area contributed by atoms with E-state index in [1.807, 2.05) is 10.7 Å². The third-order valence-electron chi connectivity index (χ3n) is 4.32. The van der Waals surface area contributed by atoms with Crippen molar-refractivity contribution < 1.29 is 13.2 Å². The van der Waals surface area contributed by atoms with Crippen LogP contribution in [0.1, 0.15) is 30.7 Å². The van der Waals surface area contributed by atoms with E-state index in [-0.39, 0.29) is 11.9 Å². The monoisotopic (exact) mass is 341 g/mol. The van der Waals surface area contributed by atoms with E-state index in [2.05, 4.69) is 15.7 Å². The summed E-state index contributed by atoms with van der Waals surface area (Å²) in [5, 5.41) is 10.5. The molecule has 1 atom stereocenters. The molecule has 2 N–H and O–H groups in total. The Balaban J connectivity index is 1.64. The van der Waals surface area contributed by atoms with Crippen molar-refractivity contribution in [1.29, 1.82) is 0 Å². The first-order valence-electron chi connectivity index (χ1n) is 7.95. The predicted molar refractivity (Wildman–Crippen MR) is 85.0 cm³/mol. The predicted octanol–water partition coefficient (Wildman–Crippen LogP) is -0.583. The zero-order valence-corrected chi connectivity index (χ0v) is 14.1. The quantitative estimate of drug-likeness (QED) is 0.764. The fraction of sp³-hybridized carbons (Fsp3) is 0.714. The number of fused-ring (bicyclic) bond motifs is 1. The van der Waals surface area contributed by atoms with Crippen LogP contribution in [0.4, 0.5) is 0 Å². The molecule has 1 aromatic heterocycles. The highest BCUT2D eigenvalue weighted by molar-refractivity contribution is 7.88. The van der Waals surface area contributed by atoms with Crippen molar-refractivity contribution in [2.24, 2.45) is 0 Å². The largest absolute Gasteiger partial charge is 0.349 e. The van der Waals surface area contributed by atoms with Crippen molar-refractivity contribution in [3.05, 3.63) is 17.5 Å². The van der Waals surface area contributed by atoms with Crippen LogP contribution >= 0.6 is 0 Å². The first-order chi connectivity index (χ1) is 10.9. The molecule has 23 heavy (non-hydrogen) atoms. The number of nitrogens with zero attached hydrogens (tertiary/aromatic N) is 3. The molecule has 2 aliphatic heterocycles. The molecular formula is C14H23N5O3S. The fourth-order valence-corrected chi connectivity index (χ4v) is 3.90. The van der Waals surface area contributed by atoms with Gasteiger partial charge < -0.3 is 10.6 Å². The molecule has 0 radical (unpaired) electrons. The summed E-state index contributed by atoms with van der Waals surface area (Å²) < 4.78 is 26.8. The Bertz CT molecular complexity index is 679. The Kier molecular flexibility index (Phi) is 4.69. The van der Waals surface area contributed by atoms with Crippen LogP contribution in [0.2, 0.25) is 0 Å². The second-order valence-electron chi connectivity index (χ2n) is 6.17. The lowest BCUT2D eigenvalue weighted by Gasteiger charge is -2.16. The van der Waals surface area contributed by atoms with Gasteiger partial charge in [0.2, 0.25) is 15.9 Å². The van der Waals surface area contributed by atoms with Crippen molar-refractivity contribution in [3.63, 3.8) is 0 Å². The minimum absolute atomic E-state index is 0.00320. The van der Waals surface area contributed by atoms with Gasteiger partial charge in [-0.2, -0.15) is 9.40 Å². The Labute approximate surface area is 136 Å². The summed E-state index contributed by atoms with van der Waals surface area (Å²) in [7, 11) is -3.21. The van der Waals surface area contributed by atoms with Crippen LogP contribution in [0.5, 0.6) is 0 Å². The molecule has 1 aromatic rings. The second-order valence-corrected chi connectivity index (χ2v) is 8.15. The van der Waals surface area contributed by atoms with Crippen molar-refractivity contribution in [2.75, 3.05) is 19.3 Å². The number of hydrogen-bond donors (Lipinski definition) is 2. The van der Waals surface area contributed by atoms with Gasteiger partial charge in [-0.25, -0.2) is 8.42 Å². The van der Waals surface area contributed by atoms with E-state index in [9.17, 15) is 13.2 Å². The zero-order chi connectivity index (χ0) is 16.4. The molecular weight excluding hydrogens is 318 g/mol. The number of carbonyl (C=O) groups is 1. The van der Waals surface area contributed by atoms with Gasteiger partial charge in [0.1, 0.15) is 0 Å². The van der Waals surface area contributed by atoms with Gasteiger partial charge in [-0.1, -0.05) is 0 Å². The van der Waals surface area contributed by atoms with E-state index in [0.29, 0.717) is 26.2 Å². The van der Waals surface area contributed by atoms with Crippen molar-refractivity contribution in [1.82, 2.24) is 24.7 Å². The van der Waals surface area contributed by atoms with Gasteiger partial charge >= 0.3 is 0 Å². The smallest absolute Gasteiger partial charge is 0.237 e. The van der Waals surface area contributed by atoms with Gasteiger partial charge in [-0.15, -0.1) is 0 Å². The van der Waals surface area contributed by atoms with Crippen LogP contribution in [0.25, 0.3) is 0 Å². The van der Waals surface area contributed by atoms with Gasteiger partial charge in [0.05, 0.1) is 36.8 Å². The minimum Gasteiger partial charge on any atom is -0.349 e. The van der Waals surface area contributed by atoms with E-state index in [1.165, 1.54) is 10.6 Å². The van der Waals surface area contributed by atoms with E-state index < -0.39 is 10.0 Å². The number of carbonyl (C=O) groups excluding carboxylic acids is 1. The molecule has 0 spiro atoms. The molecule has 0 unspecified atom stereocenters. The highest BCUT2D eigenvalue weighted by atomic mass is 32.2. The van der Waals surface area contributed by atoms with E-state index in [4.69, 9.17) is 0 Å². The van der Waals surface area contributed by atoms with Gasteiger partial charge in [0.15, 0.2) is 0 Å².